The van der Waals surface area contributed by atoms with E-state index in [0.717, 1.165) is 10.4 Å². The van der Waals surface area contributed by atoms with Gasteiger partial charge in [0.05, 0.1) is 23.9 Å². The molecule has 0 spiro atoms. The maximum Gasteiger partial charge on any atom is 0.410 e. The standard InChI is InChI=1S/C26H27F3N6O/c1-25(2,15-31-19-10-6-7-17(11-19)13-30)16-32-24(36)20-14-33-35-22(26(27,28)29)12-21(34-23(20)35)18-8-4-3-5-9-18/h3-11,14,21-22,31,34H,12,15-16H2,1-2H3,(H,32,36). The number of nitrogens with one attached hydrogen (secondary N) is 3. The molecule has 0 saturated heterocycles. The normalized spacial score (nSPS) is 17.4. The fourth-order valence-electron chi connectivity index (χ4n) is 4.15. The van der Waals surface area contributed by atoms with Gasteiger partial charge >= 0.3 is 6.18 Å². The Morgan fingerprint density at radius 1 is 1.17 bits per heavy atom. The third-order valence-corrected chi connectivity index (χ3v) is 6.18. The van der Waals surface area contributed by atoms with Crippen molar-refractivity contribution in [3.63, 3.8) is 0 Å². The molecule has 1 aliphatic rings. The van der Waals surface area contributed by atoms with Crippen LogP contribution in [-0.4, -0.2) is 35.0 Å². The molecule has 2 atom stereocenters. The van der Waals surface area contributed by atoms with Gasteiger partial charge in [-0.15, -0.1) is 0 Å². The van der Waals surface area contributed by atoms with Crippen LogP contribution in [0, 0.1) is 16.7 Å². The van der Waals surface area contributed by atoms with Crippen molar-refractivity contribution in [2.45, 2.75) is 38.5 Å². The number of carbonyl (C=O) groups excluding carboxylic acids is 1. The second-order valence-electron chi connectivity index (χ2n) is 9.65. The van der Waals surface area contributed by atoms with Crippen LogP contribution in [0.3, 0.4) is 0 Å². The summed E-state index contributed by atoms with van der Waals surface area (Å²) in [5, 5.41) is 22.2. The Hall–Kier alpha value is -4.00. The highest BCUT2D eigenvalue weighted by atomic mass is 19.4. The van der Waals surface area contributed by atoms with Crippen molar-refractivity contribution in [3.8, 4) is 6.07 Å². The monoisotopic (exact) mass is 496 g/mol. The maximum absolute atomic E-state index is 13.9. The topological polar surface area (TPSA) is 94.8 Å². The summed E-state index contributed by atoms with van der Waals surface area (Å²) in [4.78, 5) is 13.0. The highest BCUT2D eigenvalue weighted by molar-refractivity contribution is 5.99. The number of amides is 1. The second-order valence-corrected chi connectivity index (χ2v) is 9.65. The van der Waals surface area contributed by atoms with Crippen LogP contribution in [0.15, 0.2) is 60.8 Å². The molecule has 0 bridgehead atoms. The molecule has 3 aromatic rings. The van der Waals surface area contributed by atoms with E-state index in [1.54, 1.807) is 48.5 Å². The van der Waals surface area contributed by atoms with Crippen molar-refractivity contribution in [2.24, 2.45) is 5.41 Å². The summed E-state index contributed by atoms with van der Waals surface area (Å²) in [5.74, 6) is -0.447. The number of rotatable bonds is 7. The van der Waals surface area contributed by atoms with Crippen molar-refractivity contribution in [1.29, 1.82) is 5.26 Å². The van der Waals surface area contributed by atoms with Gasteiger partial charge in [-0.3, -0.25) is 4.79 Å². The van der Waals surface area contributed by atoms with Gasteiger partial charge in [0.2, 0.25) is 0 Å². The number of fused-ring (bicyclic) bond motifs is 1. The summed E-state index contributed by atoms with van der Waals surface area (Å²) >= 11 is 0. The summed E-state index contributed by atoms with van der Waals surface area (Å²) in [6.45, 7) is 4.67. The number of hydrogen-bond donors (Lipinski definition) is 3. The zero-order valence-electron chi connectivity index (χ0n) is 19.9. The number of anilines is 2. The van der Waals surface area contributed by atoms with E-state index in [0.29, 0.717) is 17.7 Å². The Labute approximate surface area is 207 Å². The van der Waals surface area contributed by atoms with Gasteiger partial charge < -0.3 is 16.0 Å². The first-order valence-corrected chi connectivity index (χ1v) is 11.6. The van der Waals surface area contributed by atoms with Gasteiger partial charge in [0, 0.05) is 25.2 Å². The lowest BCUT2D eigenvalue weighted by Crippen LogP contribution is -2.39. The van der Waals surface area contributed by atoms with Gasteiger partial charge in [0.15, 0.2) is 6.04 Å². The van der Waals surface area contributed by atoms with Gasteiger partial charge in [0.1, 0.15) is 11.4 Å². The molecule has 1 aliphatic heterocycles. The van der Waals surface area contributed by atoms with Crippen LogP contribution < -0.4 is 16.0 Å². The number of aromatic nitrogens is 2. The summed E-state index contributed by atoms with van der Waals surface area (Å²) in [6, 6.07) is 15.6. The molecule has 36 heavy (non-hydrogen) atoms. The van der Waals surface area contributed by atoms with Gasteiger partial charge in [-0.05, 0) is 29.2 Å². The number of halogens is 3. The van der Waals surface area contributed by atoms with E-state index in [1.165, 1.54) is 6.20 Å². The average Bonchev–Trinajstić information content (AvgIpc) is 3.30. The SMILES string of the molecule is CC(C)(CNC(=O)c1cnn2c1NC(c1ccccc1)CC2C(F)(F)F)CNc1cccc(C#N)c1. The van der Waals surface area contributed by atoms with E-state index in [1.807, 2.05) is 19.9 Å². The maximum atomic E-state index is 13.9. The van der Waals surface area contributed by atoms with Crippen LogP contribution in [0.1, 0.15) is 53.8 Å². The molecule has 0 fully saturated rings. The van der Waals surface area contributed by atoms with Crippen LogP contribution in [-0.2, 0) is 0 Å². The van der Waals surface area contributed by atoms with Crippen molar-refractivity contribution >= 4 is 17.4 Å². The third-order valence-electron chi connectivity index (χ3n) is 6.18. The average molecular weight is 497 g/mol. The summed E-state index contributed by atoms with van der Waals surface area (Å²) in [7, 11) is 0. The van der Waals surface area contributed by atoms with Crippen molar-refractivity contribution in [2.75, 3.05) is 23.7 Å². The Bertz CT molecular complexity index is 1260. The molecule has 2 heterocycles. The third kappa shape index (κ3) is 5.62. The van der Waals surface area contributed by atoms with E-state index < -0.39 is 24.2 Å². The zero-order chi connectivity index (χ0) is 25.9. The minimum atomic E-state index is -4.51. The molecule has 0 aliphatic carbocycles. The second kappa shape index (κ2) is 9.93. The first-order valence-electron chi connectivity index (χ1n) is 11.6. The first-order chi connectivity index (χ1) is 17.1. The molecule has 7 nitrogen and oxygen atoms in total. The van der Waals surface area contributed by atoms with Gasteiger partial charge in [-0.2, -0.15) is 23.5 Å². The highest BCUT2D eigenvalue weighted by Crippen LogP contribution is 2.44. The van der Waals surface area contributed by atoms with Crippen molar-refractivity contribution < 1.29 is 18.0 Å². The zero-order valence-corrected chi connectivity index (χ0v) is 19.9. The predicted molar refractivity (Wildman–Crippen MR) is 131 cm³/mol. The number of alkyl halides is 3. The number of benzene rings is 2. The quantitative estimate of drug-likeness (QED) is 0.414. The number of carbonyl (C=O) groups is 1. The molecular weight excluding hydrogens is 469 g/mol. The van der Waals surface area contributed by atoms with Crippen LogP contribution >= 0.6 is 0 Å². The predicted octanol–water partition coefficient (Wildman–Crippen LogP) is 5.28. The summed E-state index contributed by atoms with van der Waals surface area (Å²) in [6.07, 6.45) is -3.56. The highest BCUT2D eigenvalue weighted by Gasteiger charge is 2.47. The Kier molecular flexibility index (Phi) is 6.93. The minimum Gasteiger partial charge on any atom is -0.384 e. The molecule has 3 N–H and O–H groups in total. The lowest BCUT2D eigenvalue weighted by atomic mass is 9.93. The van der Waals surface area contributed by atoms with E-state index in [-0.39, 0.29) is 29.8 Å². The molecule has 2 unspecified atom stereocenters. The van der Waals surface area contributed by atoms with E-state index in [4.69, 9.17) is 5.26 Å². The fraction of sp³-hybridized carbons (Fsp3) is 0.346. The van der Waals surface area contributed by atoms with Crippen LogP contribution in [0.5, 0.6) is 0 Å². The Morgan fingerprint density at radius 2 is 1.92 bits per heavy atom. The molecule has 0 saturated carbocycles. The molecule has 188 valence electrons. The lowest BCUT2D eigenvalue weighted by Gasteiger charge is -2.34. The molecule has 0 radical (unpaired) electrons. The molecule has 1 aromatic heterocycles. The smallest absolute Gasteiger partial charge is 0.384 e. The lowest BCUT2D eigenvalue weighted by molar-refractivity contribution is -0.173. The van der Waals surface area contributed by atoms with Crippen LogP contribution in [0.2, 0.25) is 0 Å². The van der Waals surface area contributed by atoms with Crippen LogP contribution in [0.4, 0.5) is 24.7 Å². The number of nitriles is 1. The molecule has 10 heteroatoms. The first kappa shape index (κ1) is 25.1. The van der Waals surface area contributed by atoms with E-state index in [2.05, 4.69) is 27.1 Å². The molecule has 2 aromatic carbocycles. The van der Waals surface area contributed by atoms with Gasteiger partial charge in [-0.25, -0.2) is 4.68 Å². The van der Waals surface area contributed by atoms with Gasteiger partial charge in [-0.1, -0.05) is 50.2 Å². The van der Waals surface area contributed by atoms with Crippen LogP contribution in [0.25, 0.3) is 0 Å². The number of hydrogen-bond acceptors (Lipinski definition) is 5. The molecule has 4 rings (SSSR count). The van der Waals surface area contributed by atoms with Crippen molar-refractivity contribution in [3.05, 3.63) is 77.5 Å². The largest absolute Gasteiger partial charge is 0.410 e. The van der Waals surface area contributed by atoms with E-state index >= 15 is 0 Å². The van der Waals surface area contributed by atoms with Gasteiger partial charge in [0.25, 0.3) is 5.91 Å². The Morgan fingerprint density at radius 3 is 2.61 bits per heavy atom. The Balaban J connectivity index is 1.47. The summed E-state index contributed by atoms with van der Waals surface area (Å²) < 4.78 is 42.5. The van der Waals surface area contributed by atoms with Crippen molar-refractivity contribution in [1.82, 2.24) is 15.1 Å². The fourth-order valence-corrected chi connectivity index (χ4v) is 4.15. The van der Waals surface area contributed by atoms with E-state index in [9.17, 15) is 18.0 Å². The molecular formula is C26H27F3N6O. The number of nitrogens with zero attached hydrogens (tertiary/aromatic N) is 3. The molecule has 1 amide bonds. The summed E-state index contributed by atoms with van der Waals surface area (Å²) in [5.41, 5.74) is 1.71. The minimum absolute atomic E-state index is 0.0548.